The summed E-state index contributed by atoms with van der Waals surface area (Å²) in [6, 6.07) is 7.83. The lowest BCUT2D eigenvalue weighted by Gasteiger charge is -2.24. The van der Waals surface area contributed by atoms with Gasteiger partial charge in [-0.2, -0.15) is 0 Å². The van der Waals surface area contributed by atoms with Gasteiger partial charge in [0.2, 0.25) is 5.91 Å². The van der Waals surface area contributed by atoms with Gasteiger partial charge in [0.15, 0.2) is 0 Å². The predicted octanol–water partition coefficient (Wildman–Crippen LogP) is 3.30. The summed E-state index contributed by atoms with van der Waals surface area (Å²) in [5, 5.41) is 3.99. The van der Waals surface area contributed by atoms with Crippen molar-refractivity contribution in [2.45, 2.75) is 30.4 Å². The number of benzene rings is 1. The molecule has 1 aliphatic heterocycles. The zero-order valence-electron chi connectivity index (χ0n) is 11.9. The van der Waals surface area contributed by atoms with Crippen molar-refractivity contribution in [3.63, 3.8) is 0 Å². The maximum atomic E-state index is 12.5. The third-order valence-electron chi connectivity index (χ3n) is 3.50. The van der Waals surface area contributed by atoms with Crippen LogP contribution in [0.2, 0.25) is 5.02 Å². The summed E-state index contributed by atoms with van der Waals surface area (Å²) in [5.41, 5.74) is 1.05. The molecule has 0 aromatic heterocycles. The minimum atomic E-state index is 0.0537. The van der Waals surface area contributed by atoms with Gasteiger partial charge in [0, 0.05) is 17.1 Å². The Hall–Kier alpha value is -0.710. The van der Waals surface area contributed by atoms with Crippen molar-refractivity contribution in [1.82, 2.24) is 10.2 Å². The monoisotopic (exact) mass is 312 g/mol. The van der Waals surface area contributed by atoms with Gasteiger partial charge in [-0.05, 0) is 32.5 Å². The van der Waals surface area contributed by atoms with Crippen LogP contribution in [0.5, 0.6) is 0 Å². The van der Waals surface area contributed by atoms with Crippen molar-refractivity contribution >= 4 is 29.3 Å². The van der Waals surface area contributed by atoms with E-state index in [1.807, 2.05) is 36.2 Å². The van der Waals surface area contributed by atoms with Crippen molar-refractivity contribution in [3.05, 3.63) is 34.9 Å². The van der Waals surface area contributed by atoms with E-state index in [1.165, 1.54) is 0 Å². The van der Waals surface area contributed by atoms with Gasteiger partial charge in [0.05, 0.1) is 5.25 Å². The van der Waals surface area contributed by atoms with Gasteiger partial charge in [-0.3, -0.25) is 4.79 Å². The van der Waals surface area contributed by atoms with Gasteiger partial charge < -0.3 is 10.2 Å². The molecule has 20 heavy (non-hydrogen) atoms. The Labute approximate surface area is 130 Å². The molecule has 1 aliphatic rings. The Bertz CT molecular complexity index is 469. The lowest BCUT2D eigenvalue weighted by atomic mass is 10.2. The van der Waals surface area contributed by atoms with Crippen molar-refractivity contribution in [1.29, 1.82) is 0 Å². The van der Waals surface area contributed by atoms with E-state index in [-0.39, 0.29) is 16.5 Å². The Morgan fingerprint density at radius 1 is 1.40 bits per heavy atom. The maximum absolute atomic E-state index is 12.5. The van der Waals surface area contributed by atoms with E-state index in [9.17, 15) is 4.79 Å². The number of amides is 1. The fourth-order valence-corrected chi connectivity index (χ4v) is 4.20. The van der Waals surface area contributed by atoms with Crippen LogP contribution in [0.3, 0.4) is 0 Å². The van der Waals surface area contributed by atoms with Gasteiger partial charge >= 0.3 is 0 Å². The zero-order chi connectivity index (χ0) is 14.5. The second-order valence-corrected chi connectivity index (χ2v) is 6.59. The molecule has 0 radical (unpaired) electrons. The quantitative estimate of drug-likeness (QED) is 0.818. The van der Waals surface area contributed by atoms with Crippen LogP contribution in [-0.4, -0.2) is 36.2 Å². The molecule has 5 heteroatoms. The van der Waals surface area contributed by atoms with E-state index < -0.39 is 0 Å². The molecule has 2 rings (SSSR count). The molecule has 0 bridgehead atoms. The molecule has 1 heterocycles. The number of hydrogen-bond donors (Lipinski definition) is 1. The molecule has 1 aromatic rings. The molecule has 3 nitrogen and oxygen atoms in total. The van der Waals surface area contributed by atoms with E-state index in [1.54, 1.807) is 11.8 Å². The lowest BCUT2D eigenvalue weighted by Crippen LogP contribution is -2.33. The SMILES string of the molecule is CC[C@H]1S[C@H](c2ccccc2Cl)N(CCCNC)C1=O. The number of rotatable bonds is 6. The fourth-order valence-electron chi connectivity index (χ4n) is 2.43. The minimum absolute atomic E-state index is 0.0537. The Morgan fingerprint density at radius 3 is 2.80 bits per heavy atom. The normalized spacial score (nSPS) is 22.6. The smallest absolute Gasteiger partial charge is 0.236 e. The molecule has 0 aliphatic carbocycles. The lowest BCUT2D eigenvalue weighted by molar-refractivity contribution is -0.130. The zero-order valence-corrected chi connectivity index (χ0v) is 13.5. The predicted molar refractivity (Wildman–Crippen MR) is 86.1 cm³/mol. The number of nitrogens with one attached hydrogen (secondary N) is 1. The van der Waals surface area contributed by atoms with Crippen LogP contribution in [-0.2, 0) is 4.79 Å². The summed E-state index contributed by atoms with van der Waals surface area (Å²) in [5.74, 6) is 0.249. The third-order valence-corrected chi connectivity index (χ3v) is 5.48. The molecule has 0 spiro atoms. The van der Waals surface area contributed by atoms with E-state index in [4.69, 9.17) is 11.6 Å². The van der Waals surface area contributed by atoms with Crippen LogP contribution in [0, 0.1) is 0 Å². The molecule has 1 fully saturated rings. The highest BCUT2D eigenvalue weighted by Gasteiger charge is 2.40. The van der Waals surface area contributed by atoms with Crippen molar-refractivity contribution < 1.29 is 4.79 Å². The third kappa shape index (κ3) is 3.30. The minimum Gasteiger partial charge on any atom is -0.325 e. The van der Waals surface area contributed by atoms with E-state index in [0.29, 0.717) is 0 Å². The highest BCUT2D eigenvalue weighted by atomic mass is 35.5. The highest BCUT2D eigenvalue weighted by molar-refractivity contribution is 8.01. The second-order valence-electron chi connectivity index (χ2n) is 4.90. The first kappa shape index (κ1) is 15.7. The molecule has 110 valence electrons. The standard InChI is InChI=1S/C15H21ClN2OS/c1-3-13-14(19)18(10-6-9-17-2)15(20-13)11-7-4-5-8-12(11)16/h4-5,7-8,13,15,17H,3,6,9-10H2,1-2H3/t13-,15-/m1/s1. The largest absolute Gasteiger partial charge is 0.325 e. The molecule has 1 saturated heterocycles. The summed E-state index contributed by atoms with van der Waals surface area (Å²) < 4.78 is 0. The van der Waals surface area contributed by atoms with Gasteiger partial charge in [0.1, 0.15) is 5.37 Å². The van der Waals surface area contributed by atoms with Crippen molar-refractivity contribution in [3.8, 4) is 0 Å². The van der Waals surface area contributed by atoms with E-state index >= 15 is 0 Å². The molecular weight excluding hydrogens is 292 g/mol. The summed E-state index contributed by atoms with van der Waals surface area (Å²) in [4.78, 5) is 14.5. The number of carbonyl (C=O) groups excluding carboxylic acids is 1. The van der Waals surface area contributed by atoms with Crippen LogP contribution in [0.25, 0.3) is 0 Å². The van der Waals surface area contributed by atoms with Gasteiger partial charge in [0.25, 0.3) is 0 Å². The molecule has 1 N–H and O–H groups in total. The number of hydrogen-bond acceptors (Lipinski definition) is 3. The fraction of sp³-hybridized carbons (Fsp3) is 0.533. The number of halogens is 1. The first-order valence-electron chi connectivity index (χ1n) is 7.04. The highest BCUT2D eigenvalue weighted by Crippen LogP contribution is 2.45. The number of nitrogens with zero attached hydrogens (tertiary/aromatic N) is 1. The first-order chi connectivity index (χ1) is 9.69. The Balaban J connectivity index is 2.20. The molecule has 2 atom stereocenters. The summed E-state index contributed by atoms with van der Waals surface area (Å²) in [6.07, 6.45) is 1.83. The average molecular weight is 313 g/mol. The number of thioether (sulfide) groups is 1. The maximum Gasteiger partial charge on any atom is 0.236 e. The van der Waals surface area contributed by atoms with Gasteiger partial charge in [-0.25, -0.2) is 0 Å². The van der Waals surface area contributed by atoms with Crippen molar-refractivity contribution in [2.75, 3.05) is 20.1 Å². The Kier molecular flexibility index (Phi) is 5.75. The van der Waals surface area contributed by atoms with Crippen LogP contribution in [0.15, 0.2) is 24.3 Å². The first-order valence-corrected chi connectivity index (χ1v) is 8.36. The van der Waals surface area contributed by atoms with Gasteiger partial charge in [-0.1, -0.05) is 36.7 Å². The average Bonchev–Trinajstić information content (AvgIpc) is 2.77. The summed E-state index contributed by atoms with van der Waals surface area (Å²) in [6.45, 7) is 3.76. The van der Waals surface area contributed by atoms with Crippen LogP contribution in [0.1, 0.15) is 30.7 Å². The van der Waals surface area contributed by atoms with Gasteiger partial charge in [-0.15, -0.1) is 11.8 Å². The molecule has 0 saturated carbocycles. The summed E-state index contributed by atoms with van der Waals surface area (Å²) in [7, 11) is 1.93. The topological polar surface area (TPSA) is 32.3 Å². The molecule has 1 aromatic carbocycles. The molecular formula is C15H21ClN2OS. The van der Waals surface area contributed by atoms with E-state index in [2.05, 4.69) is 12.2 Å². The van der Waals surface area contributed by atoms with Crippen LogP contribution < -0.4 is 5.32 Å². The second kappa shape index (κ2) is 7.34. The Morgan fingerprint density at radius 2 is 2.15 bits per heavy atom. The molecule has 1 amide bonds. The van der Waals surface area contributed by atoms with Crippen molar-refractivity contribution in [2.24, 2.45) is 0 Å². The number of carbonyl (C=O) groups is 1. The van der Waals surface area contributed by atoms with Crippen LogP contribution in [0.4, 0.5) is 0 Å². The van der Waals surface area contributed by atoms with E-state index in [0.717, 1.165) is 36.5 Å². The molecule has 0 unspecified atom stereocenters. The van der Waals surface area contributed by atoms with Crippen LogP contribution >= 0.6 is 23.4 Å². The summed E-state index contributed by atoms with van der Waals surface area (Å²) >= 11 is 8.03.